The molecule has 1 aromatic rings. The van der Waals surface area contributed by atoms with Gasteiger partial charge < -0.3 is 14.7 Å². The van der Waals surface area contributed by atoms with Crippen molar-refractivity contribution in [1.82, 2.24) is 9.80 Å². The van der Waals surface area contributed by atoms with E-state index in [1.54, 1.807) is 4.90 Å². The summed E-state index contributed by atoms with van der Waals surface area (Å²) in [5, 5.41) is 9.25. The molecule has 2 saturated heterocycles. The number of carboxylic acid groups (broad SMARTS) is 1. The quantitative estimate of drug-likeness (QED) is 0.880. The Morgan fingerprint density at radius 2 is 1.96 bits per heavy atom. The first-order valence-electron chi connectivity index (χ1n) is 8.43. The van der Waals surface area contributed by atoms with Crippen molar-refractivity contribution in [1.29, 1.82) is 0 Å². The lowest BCUT2D eigenvalue weighted by molar-refractivity contribution is -0.141. The first kappa shape index (κ1) is 16.9. The van der Waals surface area contributed by atoms with E-state index in [0.29, 0.717) is 19.8 Å². The number of benzene rings is 1. The molecule has 0 radical (unpaired) electrons. The third-order valence-electron chi connectivity index (χ3n) is 4.88. The maximum Gasteiger partial charge on any atom is 0.308 e. The van der Waals surface area contributed by atoms with Crippen LogP contribution in [0.2, 0.25) is 0 Å². The molecule has 1 N–H and O–H groups in total. The second-order valence-corrected chi connectivity index (χ2v) is 6.62. The van der Waals surface area contributed by atoms with Gasteiger partial charge in [-0.05, 0) is 12.5 Å². The summed E-state index contributed by atoms with van der Waals surface area (Å²) in [4.78, 5) is 27.7. The van der Waals surface area contributed by atoms with Crippen molar-refractivity contribution in [3.05, 3.63) is 35.4 Å². The van der Waals surface area contributed by atoms with Gasteiger partial charge >= 0.3 is 5.97 Å². The first-order chi connectivity index (χ1) is 11.5. The number of hydrogen-bond acceptors (Lipinski definition) is 4. The number of nitrogens with zero attached hydrogens (tertiary/aromatic N) is 2. The Morgan fingerprint density at radius 3 is 2.54 bits per heavy atom. The monoisotopic (exact) mass is 332 g/mol. The number of amides is 1. The standard InChI is InChI=1S/C18H24N2O4/c1-13-2-4-14(5-3-13)16(12-19-6-8-24-9-7-19)20-11-15(18(22)23)10-17(20)21/h2-5,15-16H,6-12H2,1H3,(H,22,23). The van der Waals surface area contributed by atoms with Gasteiger partial charge in [0.05, 0.1) is 25.2 Å². The van der Waals surface area contributed by atoms with E-state index in [1.807, 2.05) is 31.2 Å². The summed E-state index contributed by atoms with van der Waals surface area (Å²) in [7, 11) is 0. The summed E-state index contributed by atoms with van der Waals surface area (Å²) in [6.07, 6.45) is 0.0980. The van der Waals surface area contributed by atoms with Crippen molar-refractivity contribution < 1.29 is 19.4 Å². The SMILES string of the molecule is Cc1ccc(C(CN2CCOCC2)N2CC(C(=O)O)CC2=O)cc1. The minimum atomic E-state index is -0.889. The third kappa shape index (κ3) is 3.76. The van der Waals surface area contributed by atoms with Crippen LogP contribution in [0.5, 0.6) is 0 Å². The van der Waals surface area contributed by atoms with E-state index in [1.165, 1.54) is 5.56 Å². The van der Waals surface area contributed by atoms with E-state index < -0.39 is 11.9 Å². The van der Waals surface area contributed by atoms with Gasteiger partial charge in [-0.15, -0.1) is 0 Å². The van der Waals surface area contributed by atoms with Crippen LogP contribution in [0.4, 0.5) is 0 Å². The topological polar surface area (TPSA) is 70.1 Å². The number of aryl methyl sites for hydroxylation is 1. The largest absolute Gasteiger partial charge is 0.481 e. The van der Waals surface area contributed by atoms with Crippen LogP contribution in [-0.2, 0) is 14.3 Å². The Bertz CT molecular complexity index is 596. The molecule has 1 aromatic carbocycles. The molecule has 2 unspecified atom stereocenters. The first-order valence-corrected chi connectivity index (χ1v) is 8.43. The number of carbonyl (C=O) groups is 2. The van der Waals surface area contributed by atoms with Crippen molar-refractivity contribution >= 4 is 11.9 Å². The number of ether oxygens (including phenoxy) is 1. The number of hydrogen-bond donors (Lipinski definition) is 1. The van der Waals surface area contributed by atoms with Crippen LogP contribution in [0, 0.1) is 12.8 Å². The van der Waals surface area contributed by atoms with Gasteiger partial charge in [0.1, 0.15) is 0 Å². The van der Waals surface area contributed by atoms with Gasteiger partial charge in [-0.1, -0.05) is 29.8 Å². The molecule has 2 fully saturated rings. The van der Waals surface area contributed by atoms with E-state index in [0.717, 1.165) is 18.7 Å². The lowest BCUT2D eigenvalue weighted by Crippen LogP contribution is -2.43. The van der Waals surface area contributed by atoms with Gasteiger partial charge in [-0.3, -0.25) is 14.5 Å². The molecule has 0 spiro atoms. The molecule has 0 aliphatic carbocycles. The van der Waals surface area contributed by atoms with E-state index >= 15 is 0 Å². The van der Waals surface area contributed by atoms with Gasteiger partial charge in [0, 0.05) is 32.6 Å². The average Bonchev–Trinajstić information content (AvgIpc) is 2.96. The predicted molar refractivity (Wildman–Crippen MR) is 88.6 cm³/mol. The van der Waals surface area contributed by atoms with Crippen LogP contribution in [0.25, 0.3) is 0 Å². The molecule has 24 heavy (non-hydrogen) atoms. The Balaban J connectivity index is 1.82. The molecular formula is C18H24N2O4. The third-order valence-corrected chi connectivity index (χ3v) is 4.88. The maximum absolute atomic E-state index is 12.4. The Morgan fingerprint density at radius 1 is 1.29 bits per heavy atom. The second-order valence-electron chi connectivity index (χ2n) is 6.62. The number of aliphatic carboxylic acids is 1. The summed E-state index contributed by atoms with van der Waals surface area (Å²) in [6.45, 7) is 6.11. The van der Waals surface area contributed by atoms with Gasteiger partial charge in [-0.2, -0.15) is 0 Å². The molecule has 2 aliphatic rings. The zero-order valence-corrected chi connectivity index (χ0v) is 14.0. The molecule has 0 saturated carbocycles. The molecule has 130 valence electrons. The van der Waals surface area contributed by atoms with Crippen LogP contribution >= 0.6 is 0 Å². The average molecular weight is 332 g/mol. The van der Waals surface area contributed by atoms with E-state index in [-0.39, 0.29) is 24.9 Å². The van der Waals surface area contributed by atoms with Crippen molar-refractivity contribution in [2.24, 2.45) is 5.92 Å². The summed E-state index contributed by atoms with van der Waals surface area (Å²) in [5.74, 6) is -1.56. The molecule has 0 aromatic heterocycles. The fourth-order valence-corrected chi connectivity index (χ4v) is 3.40. The molecule has 2 atom stereocenters. The highest BCUT2D eigenvalue weighted by Gasteiger charge is 2.39. The van der Waals surface area contributed by atoms with Crippen molar-refractivity contribution in [3.8, 4) is 0 Å². The minimum absolute atomic E-state index is 0.0683. The molecule has 2 heterocycles. The lowest BCUT2D eigenvalue weighted by Gasteiger charge is -2.35. The number of carbonyl (C=O) groups excluding carboxylic acids is 1. The summed E-state index contributed by atoms with van der Waals surface area (Å²) < 4.78 is 5.40. The van der Waals surface area contributed by atoms with E-state index in [4.69, 9.17) is 4.74 Å². The van der Waals surface area contributed by atoms with E-state index in [9.17, 15) is 14.7 Å². The number of likely N-dealkylation sites (tertiary alicyclic amines) is 1. The van der Waals surface area contributed by atoms with Crippen molar-refractivity contribution in [3.63, 3.8) is 0 Å². The zero-order valence-electron chi connectivity index (χ0n) is 14.0. The second kappa shape index (κ2) is 7.32. The smallest absolute Gasteiger partial charge is 0.308 e. The lowest BCUT2D eigenvalue weighted by atomic mass is 10.0. The predicted octanol–water partition coefficient (Wildman–Crippen LogP) is 1.30. The Kier molecular flexibility index (Phi) is 5.16. The molecular weight excluding hydrogens is 308 g/mol. The molecule has 0 bridgehead atoms. The highest BCUT2D eigenvalue weighted by molar-refractivity contribution is 5.86. The fourth-order valence-electron chi connectivity index (χ4n) is 3.40. The molecule has 1 amide bonds. The normalized spacial score (nSPS) is 23.5. The van der Waals surface area contributed by atoms with E-state index in [2.05, 4.69) is 4.90 Å². The van der Waals surface area contributed by atoms with Gasteiger partial charge in [-0.25, -0.2) is 0 Å². The van der Waals surface area contributed by atoms with Crippen molar-refractivity contribution in [2.45, 2.75) is 19.4 Å². The van der Waals surface area contributed by atoms with Gasteiger partial charge in [0.25, 0.3) is 0 Å². The van der Waals surface area contributed by atoms with Gasteiger partial charge in [0.2, 0.25) is 5.91 Å². The molecule has 2 aliphatic heterocycles. The molecule has 3 rings (SSSR count). The Hall–Kier alpha value is -1.92. The highest BCUT2D eigenvalue weighted by atomic mass is 16.5. The fraction of sp³-hybridized carbons (Fsp3) is 0.556. The van der Waals surface area contributed by atoms with Crippen LogP contribution in [0.3, 0.4) is 0 Å². The summed E-state index contributed by atoms with van der Waals surface area (Å²) in [5.41, 5.74) is 2.23. The minimum Gasteiger partial charge on any atom is -0.481 e. The van der Waals surface area contributed by atoms with Crippen LogP contribution in [0.15, 0.2) is 24.3 Å². The zero-order chi connectivity index (χ0) is 17.1. The van der Waals surface area contributed by atoms with Gasteiger partial charge in [0.15, 0.2) is 0 Å². The number of morpholine rings is 1. The molecule has 6 heteroatoms. The Labute approximate surface area is 142 Å². The van der Waals surface area contributed by atoms with Crippen molar-refractivity contribution in [2.75, 3.05) is 39.4 Å². The summed E-state index contributed by atoms with van der Waals surface area (Å²) in [6, 6.07) is 8.05. The number of carboxylic acids is 1. The maximum atomic E-state index is 12.4. The summed E-state index contributed by atoms with van der Waals surface area (Å²) >= 11 is 0. The highest BCUT2D eigenvalue weighted by Crippen LogP contribution is 2.30. The molecule has 6 nitrogen and oxygen atoms in total. The number of rotatable bonds is 5. The van der Waals surface area contributed by atoms with Crippen LogP contribution in [0.1, 0.15) is 23.6 Å². The van der Waals surface area contributed by atoms with Crippen LogP contribution in [-0.4, -0.2) is 66.2 Å². The van der Waals surface area contributed by atoms with Crippen LogP contribution < -0.4 is 0 Å².